The van der Waals surface area contributed by atoms with E-state index < -0.39 is 29.6 Å². The molecule has 0 saturated heterocycles. The van der Waals surface area contributed by atoms with Crippen molar-refractivity contribution >= 4 is 0 Å². The molecule has 0 radical (unpaired) electrons. The second-order valence-corrected chi connectivity index (χ2v) is 8.47. The van der Waals surface area contributed by atoms with E-state index in [9.17, 15) is 22.7 Å². The van der Waals surface area contributed by atoms with Crippen LogP contribution in [0.4, 0.5) is 17.6 Å². The van der Waals surface area contributed by atoms with Gasteiger partial charge in [-0.1, -0.05) is 44.7 Å². The molecular weight excluding hydrogens is 466 g/mol. The summed E-state index contributed by atoms with van der Waals surface area (Å²) in [7, 11) is 0. The second-order valence-electron chi connectivity index (χ2n) is 8.47. The molecule has 1 aromatic carbocycles. The van der Waals surface area contributed by atoms with Crippen LogP contribution in [0.3, 0.4) is 0 Å². The first-order chi connectivity index (χ1) is 16.4. The van der Waals surface area contributed by atoms with Crippen LogP contribution in [0.2, 0.25) is 0 Å². The first-order valence-electron chi connectivity index (χ1n) is 10.6. The van der Waals surface area contributed by atoms with Gasteiger partial charge >= 0.3 is 6.18 Å². The van der Waals surface area contributed by atoms with Gasteiger partial charge in [0.05, 0.1) is 6.54 Å². The molecule has 2 heterocycles. The number of halogens is 4. The van der Waals surface area contributed by atoms with Crippen LogP contribution in [0.5, 0.6) is 5.75 Å². The zero-order chi connectivity index (χ0) is 25.9. The Hall–Kier alpha value is -3.60. The lowest BCUT2D eigenvalue weighted by Gasteiger charge is -2.43. The number of nitrogens with zero attached hydrogens (tertiary/aromatic N) is 5. The highest BCUT2D eigenvalue weighted by atomic mass is 19.4. The average Bonchev–Trinajstić information content (AvgIpc) is 3.34. The monoisotopic (exact) mass is 491 g/mol. The SMILES string of the molecule is C=C(/C(F)=C\C)C(O)(Cn1cnnn1)C(C)(C)c1ccc(-c2ccc(OCC(F)(F)F)cc2)cn1. The normalized spacial score (nSPS) is 14.5. The molecule has 0 spiro atoms. The molecule has 0 fully saturated rings. The van der Waals surface area contributed by atoms with Crippen LogP contribution in [-0.2, 0) is 12.0 Å². The maximum atomic E-state index is 14.6. The maximum absolute atomic E-state index is 14.6. The van der Waals surface area contributed by atoms with Gasteiger partial charge in [0, 0.05) is 28.4 Å². The van der Waals surface area contributed by atoms with E-state index in [0.717, 1.165) is 0 Å². The van der Waals surface area contributed by atoms with Crippen molar-refractivity contribution in [1.82, 2.24) is 25.2 Å². The molecule has 186 valence electrons. The molecule has 0 aliphatic rings. The summed E-state index contributed by atoms with van der Waals surface area (Å²) in [6, 6.07) is 9.55. The molecule has 1 atom stereocenters. The zero-order valence-corrected chi connectivity index (χ0v) is 19.4. The molecule has 1 unspecified atom stereocenters. The summed E-state index contributed by atoms with van der Waals surface area (Å²) in [6.45, 7) is 7.16. The van der Waals surface area contributed by atoms with Crippen LogP contribution in [0.1, 0.15) is 26.5 Å². The number of rotatable bonds is 9. The molecule has 0 bridgehead atoms. The van der Waals surface area contributed by atoms with Crippen molar-refractivity contribution in [2.75, 3.05) is 6.61 Å². The number of tetrazole rings is 1. The first-order valence-corrected chi connectivity index (χ1v) is 10.6. The lowest BCUT2D eigenvalue weighted by molar-refractivity contribution is -0.153. The van der Waals surface area contributed by atoms with Gasteiger partial charge in [-0.05, 0) is 41.1 Å². The van der Waals surface area contributed by atoms with Crippen molar-refractivity contribution in [2.24, 2.45) is 0 Å². The number of hydrogen-bond donors (Lipinski definition) is 1. The molecule has 7 nitrogen and oxygen atoms in total. The summed E-state index contributed by atoms with van der Waals surface area (Å²) in [5.74, 6) is -0.577. The van der Waals surface area contributed by atoms with Gasteiger partial charge in [0.25, 0.3) is 0 Å². The Balaban J connectivity index is 1.88. The molecule has 0 aliphatic heterocycles. The molecule has 3 rings (SSSR count). The number of aromatic nitrogens is 5. The molecular formula is C24H25F4N5O2. The fourth-order valence-corrected chi connectivity index (χ4v) is 3.58. The lowest BCUT2D eigenvalue weighted by Crippen LogP contribution is -2.53. The van der Waals surface area contributed by atoms with Crippen molar-refractivity contribution in [3.8, 4) is 16.9 Å². The predicted octanol–water partition coefficient (Wildman–Crippen LogP) is 4.81. The van der Waals surface area contributed by atoms with Crippen LogP contribution in [-0.4, -0.2) is 48.7 Å². The van der Waals surface area contributed by atoms with Gasteiger partial charge in [0.1, 0.15) is 23.5 Å². The minimum absolute atomic E-state index is 0.0916. The van der Waals surface area contributed by atoms with E-state index in [0.29, 0.717) is 16.8 Å². The molecule has 0 amide bonds. The van der Waals surface area contributed by atoms with Gasteiger partial charge in [-0.25, -0.2) is 9.07 Å². The van der Waals surface area contributed by atoms with E-state index in [4.69, 9.17) is 4.74 Å². The molecule has 2 aromatic heterocycles. The van der Waals surface area contributed by atoms with Crippen LogP contribution in [0.15, 0.2) is 73.0 Å². The Morgan fingerprint density at radius 2 is 1.77 bits per heavy atom. The third-order valence-corrected chi connectivity index (χ3v) is 5.85. The van der Waals surface area contributed by atoms with Crippen molar-refractivity contribution in [1.29, 1.82) is 0 Å². The molecule has 3 aromatic rings. The summed E-state index contributed by atoms with van der Waals surface area (Å²) < 4.78 is 57.6. The largest absolute Gasteiger partial charge is 0.484 e. The van der Waals surface area contributed by atoms with Crippen LogP contribution in [0.25, 0.3) is 11.1 Å². The quantitative estimate of drug-likeness (QED) is 0.341. The Morgan fingerprint density at radius 1 is 1.11 bits per heavy atom. The summed E-state index contributed by atoms with van der Waals surface area (Å²) in [5.41, 5.74) is -1.27. The number of pyridine rings is 1. The minimum Gasteiger partial charge on any atom is -0.484 e. The highest BCUT2D eigenvalue weighted by Crippen LogP contribution is 2.42. The standard InChI is InChI=1S/C24H25F4N5O2/c1-5-20(25)16(2)23(34,13-33-15-30-31-32-33)22(3,4)21-11-8-18(12-29-21)17-6-9-19(10-7-17)35-14-24(26,27)28/h5-12,15,34H,2,13-14H2,1,3-4H3/b20-5+. The van der Waals surface area contributed by atoms with E-state index in [1.165, 1.54) is 36.1 Å². The summed E-state index contributed by atoms with van der Waals surface area (Å²) in [6.07, 6.45) is -0.338. The van der Waals surface area contributed by atoms with Crippen molar-refractivity contribution in [3.05, 3.63) is 78.7 Å². The number of allylic oxidation sites excluding steroid dienone is 1. The van der Waals surface area contributed by atoms with E-state index in [2.05, 4.69) is 27.1 Å². The minimum atomic E-state index is -4.42. The fraction of sp³-hybridized carbons (Fsp3) is 0.333. The maximum Gasteiger partial charge on any atom is 0.422 e. The summed E-state index contributed by atoms with van der Waals surface area (Å²) in [5, 5.41) is 22.6. The lowest BCUT2D eigenvalue weighted by atomic mass is 9.68. The second kappa shape index (κ2) is 9.95. The third kappa shape index (κ3) is 5.73. The number of aliphatic hydroxyl groups is 1. The van der Waals surface area contributed by atoms with Crippen LogP contribution >= 0.6 is 0 Å². The Morgan fingerprint density at radius 3 is 2.29 bits per heavy atom. The van der Waals surface area contributed by atoms with E-state index in [1.54, 1.807) is 44.3 Å². The van der Waals surface area contributed by atoms with Gasteiger partial charge < -0.3 is 9.84 Å². The highest BCUT2D eigenvalue weighted by Gasteiger charge is 2.49. The van der Waals surface area contributed by atoms with E-state index in [-0.39, 0.29) is 17.9 Å². The zero-order valence-electron chi connectivity index (χ0n) is 19.4. The Labute approximate surface area is 199 Å². The van der Waals surface area contributed by atoms with E-state index >= 15 is 0 Å². The number of alkyl halides is 3. The first kappa shape index (κ1) is 26.0. The predicted molar refractivity (Wildman–Crippen MR) is 121 cm³/mol. The van der Waals surface area contributed by atoms with Gasteiger partial charge in [0.15, 0.2) is 6.61 Å². The fourth-order valence-electron chi connectivity index (χ4n) is 3.58. The van der Waals surface area contributed by atoms with Gasteiger partial charge in [-0.3, -0.25) is 4.98 Å². The van der Waals surface area contributed by atoms with Gasteiger partial charge in [-0.15, -0.1) is 5.10 Å². The molecule has 0 saturated carbocycles. The topological polar surface area (TPSA) is 86.0 Å². The highest BCUT2D eigenvalue weighted by molar-refractivity contribution is 5.63. The average molecular weight is 491 g/mol. The van der Waals surface area contributed by atoms with Crippen molar-refractivity contribution < 1.29 is 27.4 Å². The summed E-state index contributed by atoms with van der Waals surface area (Å²) >= 11 is 0. The van der Waals surface area contributed by atoms with Gasteiger partial charge in [-0.2, -0.15) is 13.2 Å². The Bertz CT molecular complexity index is 1170. The molecule has 0 aliphatic carbocycles. The smallest absolute Gasteiger partial charge is 0.422 e. The molecule has 35 heavy (non-hydrogen) atoms. The van der Waals surface area contributed by atoms with Gasteiger partial charge in [0.2, 0.25) is 0 Å². The third-order valence-electron chi connectivity index (χ3n) is 5.85. The number of benzene rings is 1. The number of hydrogen-bond acceptors (Lipinski definition) is 6. The van der Waals surface area contributed by atoms with Crippen molar-refractivity contribution in [3.63, 3.8) is 0 Å². The molecule has 11 heteroatoms. The Kier molecular flexibility index (Phi) is 7.39. The van der Waals surface area contributed by atoms with Crippen LogP contribution < -0.4 is 4.74 Å². The summed E-state index contributed by atoms with van der Waals surface area (Å²) in [4.78, 5) is 4.50. The van der Waals surface area contributed by atoms with E-state index in [1.807, 2.05) is 0 Å². The molecule has 1 N–H and O–H groups in total. The van der Waals surface area contributed by atoms with Crippen molar-refractivity contribution in [2.45, 2.75) is 44.5 Å². The number of ether oxygens (including phenoxy) is 1. The van der Waals surface area contributed by atoms with Crippen LogP contribution in [0, 0.1) is 0 Å².